The zero-order chi connectivity index (χ0) is 14.1. The van der Waals surface area contributed by atoms with Crippen LogP contribution in [0.2, 0.25) is 0 Å². The molecule has 2 N–H and O–H groups in total. The van der Waals surface area contributed by atoms with E-state index in [0.29, 0.717) is 12.6 Å². The van der Waals surface area contributed by atoms with E-state index in [-0.39, 0.29) is 5.56 Å². The maximum Gasteiger partial charge on any atom is 0.338 e. The average molecular weight is 278 g/mol. The molecule has 4 nitrogen and oxygen atoms in total. The lowest BCUT2D eigenvalue weighted by molar-refractivity contribution is 0.0692. The van der Waals surface area contributed by atoms with Crippen molar-refractivity contribution in [1.82, 2.24) is 10.2 Å². The maximum atomic E-state index is 13.6. The van der Waals surface area contributed by atoms with E-state index < -0.39 is 11.8 Å². The number of aromatic carboxylic acids is 1. The fourth-order valence-electron chi connectivity index (χ4n) is 2.83. The third-order valence-corrected chi connectivity index (χ3v) is 4.14. The Bertz CT molecular complexity index is 517. The van der Waals surface area contributed by atoms with Gasteiger partial charge in [-0.3, -0.25) is 4.90 Å². The van der Waals surface area contributed by atoms with Crippen molar-refractivity contribution in [1.29, 1.82) is 0 Å². The second kappa shape index (κ2) is 5.50. The van der Waals surface area contributed by atoms with Crippen LogP contribution in [-0.4, -0.2) is 41.1 Å². The Kier molecular flexibility index (Phi) is 3.72. The molecule has 0 radical (unpaired) electrons. The first kappa shape index (κ1) is 13.5. The number of nitrogens with one attached hydrogen (secondary N) is 1. The van der Waals surface area contributed by atoms with E-state index in [2.05, 4.69) is 10.2 Å². The average Bonchev–Trinajstić information content (AvgIpc) is 3.15. The first-order valence-electron chi connectivity index (χ1n) is 7.12. The Morgan fingerprint density at radius 2 is 2.20 bits per heavy atom. The quantitative estimate of drug-likeness (QED) is 0.863. The lowest BCUT2D eigenvalue weighted by Gasteiger charge is -2.16. The van der Waals surface area contributed by atoms with Crippen LogP contribution in [0.1, 0.15) is 35.2 Å². The molecule has 3 rings (SSSR count). The van der Waals surface area contributed by atoms with Gasteiger partial charge in [-0.25, -0.2) is 9.18 Å². The molecule has 1 aliphatic carbocycles. The molecule has 2 fully saturated rings. The molecule has 0 spiro atoms. The monoisotopic (exact) mass is 278 g/mol. The summed E-state index contributed by atoms with van der Waals surface area (Å²) in [5.74, 6) is -1.89. The lowest BCUT2D eigenvalue weighted by atomic mass is 10.1. The number of carbonyl (C=O) groups is 1. The molecule has 5 heteroatoms. The zero-order valence-electron chi connectivity index (χ0n) is 11.3. The maximum absolute atomic E-state index is 13.6. The largest absolute Gasteiger partial charge is 0.478 e. The van der Waals surface area contributed by atoms with E-state index in [1.54, 1.807) is 6.07 Å². The molecule has 0 bridgehead atoms. The summed E-state index contributed by atoms with van der Waals surface area (Å²) in [4.78, 5) is 13.3. The summed E-state index contributed by atoms with van der Waals surface area (Å²) < 4.78 is 13.6. The normalized spacial score (nSPS) is 23.1. The van der Waals surface area contributed by atoms with Crippen LogP contribution in [0.4, 0.5) is 4.39 Å². The van der Waals surface area contributed by atoms with E-state index in [9.17, 15) is 9.18 Å². The van der Waals surface area contributed by atoms with Crippen molar-refractivity contribution in [3.63, 3.8) is 0 Å². The van der Waals surface area contributed by atoms with Crippen LogP contribution in [0.25, 0.3) is 0 Å². The second-order valence-corrected chi connectivity index (χ2v) is 5.71. The van der Waals surface area contributed by atoms with Crippen molar-refractivity contribution < 1.29 is 14.3 Å². The van der Waals surface area contributed by atoms with Gasteiger partial charge in [-0.15, -0.1) is 0 Å². The summed E-state index contributed by atoms with van der Waals surface area (Å²) >= 11 is 0. The fourth-order valence-corrected chi connectivity index (χ4v) is 2.83. The van der Waals surface area contributed by atoms with Crippen LogP contribution < -0.4 is 5.32 Å². The van der Waals surface area contributed by atoms with Crippen LogP contribution >= 0.6 is 0 Å². The minimum absolute atomic E-state index is 0.269. The highest BCUT2D eigenvalue weighted by atomic mass is 19.1. The van der Waals surface area contributed by atoms with Crippen molar-refractivity contribution in [2.45, 2.75) is 37.9 Å². The van der Waals surface area contributed by atoms with Gasteiger partial charge in [0, 0.05) is 31.7 Å². The van der Waals surface area contributed by atoms with Gasteiger partial charge in [0.05, 0.1) is 5.56 Å². The summed E-state index contributed by atoms with van der Waals surface area (Å²) in [6.07, 6.45) is 3.79. The van der Waals surface area contributed by atoms with E-state index in [0.717, 1.165) is 31.1 Å². The van der Waals surface area contributed by atoms with Crippen LogP contribution in [0.5, 0.6) is 0 Å². The highest BCUT2D eigenvalue weighted by molar-refractivity contribution is 5.87. The van der Waals surface area contributed by atoms with Gasteiger partial charge in [0.15, 0.2) is 0 Å². The Morgan fingerprint density at radius 1 is 1.40 bits per heavy atom. The standard InChI is InChI=1S/C15H19FN2O2/c16-14-7-10(1-4-13(14)15(19)20)8-17-11-5-6-18(9-11)12-2-3-12/h1,4,7,11-12,17H,2-3,5-6,8-9H2,(H,19,20). The molecule has 0 aromatic heterocycles. The van der Waals surface area contributed by atoms with Crippen molar-refractivity contribution >= 4 is 5.97 Å². The van der Waals surface area contributed by atoms with Gasteiger partial charge in [-0.1, -0.05) is 6.07 Å². The zero-order valence-corrected chi connectivity index (χ0v) is 11.3. The van der Waals surface area contributed by atoms with Crippen LogP contribution in [-0.2, 0) is 6.54 Å². The van der Waals surface area contributed by atoms with Gasteiger partial charge >= 0.3 is 5.97 Å². The first-order chi connectivity index (χ1) is 9.63. The molecule has 1 aromatic carbocycles. The minimum Gasteiger partial charge on any atom is -0.478 e. The predicted octanol–water partition coefficient (Wildman–Crippen LogP) is 1.85. The smallest absolute Gasteiger partial charge is 0.338 e. The molecule has 1 saturated carbocycles. The number of hydrogen-bond acceptors (Lipinski definition) is 3. The van der Waals surface area contributed by atoms with E-state index in [1.165, 1.54) is 25.0 Å². The Hall–Kier alpha value is -1.46. The number of halogens is 1. The number of hydrogen-bond donors (Lipinski definition) is 2. The van der Waals surface area contributed by atoms with E-state index >= 15 is 0 Å². The second-order valence-electron chi connectivity index (χ2n) is 5.71. The highest BCUT2D eigenvalue weighted by Crippen LogP contribution is 2.29. The summed E-state index contributed by atoms with van der Waals surface area (Å²) in [7, 11) is 0. The van der Waals surface area contributed by atoms with Crippen LogP contribution in [0.3, 0.4) is 0 Å². The van der Waals surface area contributed by atoms with Crippen molar-refractivity contribution in [3.8, 4) is 0 Å². The van der Waals surface area contributed by atoms with Crippen LogP contribution in [0.15, 0.2) is 18.2 Å². The van der Waals surface area contributed by atoms with Gasteiger partial charge in [0.1, 0.15) is 5.82 Å². The minimum atomic E-state index is -1.22. The number of nitrogens with zero attached hydrogens (tertiary/aromatic N) is 1. The van der Waals surface area contributed by atoms with Crippen molar-refractivity contribution in [2.75, 3.05) is 13.1 Å². The highest BCUT2D eigenvalue weighted by Gasteiger charge is 2.34. The third-order valence-electron chi connectivity index (χ3n) is 4.14. The molecular formula is C15H19FN2O2. The number of benzene rings is 1. The molecule has 1 aromatic rings. The molecule has 1 atom stereocenters. The van der Waals surface area contributed by atoms with Crippen molar-refractivity contribution in [3.05, 3.63) is 35.1 Å². The number of rotatable bonds is 5. The summed E-state index contributed by atoms with van der Waals surface area (Å²) in [6.45, 7) is 2.80. The molecular weight excluding hydrogens is 259 g/mol. The first-order valence-corrected chi connectivity index (χ1v) is 7.12. The molecule has 1 heterocycles. The lowest BCUT2D eigenvalue weighted by Crippen LogP contribution is -2.32. The van der Waals surface area contributed by atoms with Gasteiger partial charge in [-0.2, -0.15) is 0 Å². The van der Waals surface area contributed by atoms with Gasteiger partial charge < -0.3 is 10.4 Å². The number of likely N-dealkylation sites (tertiary alicyclic amines) is 1. The molecule has 20 heavy (non-hydrogen) atoms. The summed E-state index contributed by atoms with van der Waals surface area (Å²) in [5.41, 5.74) is 0.520. The topological polar surface area (TPSA) is 52.6 Å². The Balaban J connectivity index is 1.53. The molecule has 1 unspecified atom stereocenters. The number of carboxylic acid groups (broad SMARTS) is 1. The molecule has 0 amide bonds. The predicted molar refractivity (Wildman–Crippen MR) is 73.2 cm³/mol. The van der Waals surface area contributed by atoms with E-state index in [4.69, 9.17) is 5.11 Å². The fraction of sp³-hybridized carbons (Fsp3) is 0.533. The summed E-state index contributed by atoms with van der Waals surface area (Å²) in [5, 5.41) is 12.2. The van der Waals surface area contributed by atoms with Gasteiger partial charge in [0.2, 0.25) is 0 Å². The van der Waals surface area contributed by atoms with Gasteiger partial charge in [-0.05, 0) is 37.0 Å². The van der Waals surface area contributed by atoms with Crippen LogP contribution in [0, 0.1) is 5.82 Å². The third kappa shape index (κ3) is 2.99. The SMILES string of the molecule is O=C(O)c1ccc(CNC2CCN(C3CC3)C2)cc1F. The summed E-state index contributed by atoms with van der Waals surface area (Å²) in [6, 6.07) is 5.57. The van der Waals surface area contributed by atoms with Gasteiger partial charge in [0.25, 0.3) is 0 Å². The molecule has 1 saturated heterocycles. The molecule has 108 valence electrons. The number of carboxylic acids is 1. The van der Waals surface area contributed by atoms with E-state index in [1.807, 2.05) is 0 Å². The molecule has 2 aliphatic rings. The Labute approximate surface area is 117 Å². The Morgan fingerprint density at radius 3 is 2.85 bits per heavy atom. The van der Waals surface area contributed by atoms with Crippen molar-refractivity contribution in [2.24, 2.45) is 0 Å². The molecule has 1 aliphatic heterocycles.